The van der Waals surface area contributed by atoms with Crippen molar-refractivity contribution in [3.8, 4) is 0 Å². The lowest BCUT2D eigenvalue weighted by Gasteiger charge is -2.07. The smallest absolute Gasteiger partial charge is 0.256 e. The molecule has 2 rings (SSSR count). The summed E-state index contributed by atoms with van der Waals surface area (Å²) in [7, 11) is 0. The van der Waals surface area contributed by atoms with Gasteiger partial charge in [-0.3, -0.25) is 4.79 Å². The molecule has 1 atom stereocenters. The third kappa shape index (κ3) is 2.82. The zero-order valence-corrected chi connectivity index (χ0v) is 10.2. The van der Waals surface area contributed by atoms with Gasteiger partial charge in [-0.2, -0.15) is 0 Å². The minimum absolute atomic E-state index is 0.103. The normalized spacial score (nSPS) is 11.8. The molecular weight excluding hydrogens is 250 g/mol. The first-order valence-electron chi connectivity index (χ1n) is 5.25. The Kier molecular flexibility index (Phi) is 3.86. The second-order valence-electron chi connectivity index (χ2n) is 3.57. The molecule has 0 aliphatic rings. The van der Waals surface area contributed by atoms with Gasteiger partial charge in [0.15, 0.2) is 11.1 Å². The van der Waals surface area contributed by atoms with Crippen LogP contribution in [-0.2, 0) is 11.1 Å². The minimum atomic E-state index is -2.18. The molecule has 0 fully saturated rings. The molecule has 0 aliphatic heterocycles. The molecule has 2 aromatic carbocycles. The minimum Gasteiger partial charge on any atom is -0.322 e. The van der Waals surface area contributed by atoms with Crippen molar-refractivity contribution in [2.45, 2.75) is 4.90 Å². The second kappa shape index (κ2) is 5.57. The molecule has 18 heavy (non-hydrogen) atoms. The Hall–Kier alpha value is -1.98. The van der Waals surface area contributed by atoms with Gasteiger partial charge in [0.1, 0.15) is 0 Å². The average molecular weight is 261 g/mol. The SMILES string of the molecule is O=C(Nc1ccccc1)c1ccccc1S(=O)O. The largest absolute Gasteiger partial charge is 0.322 e. The maximum Gasteiger partial charge on any atom is 0.256 e. The number of hydrogen-bond donors (Lipinski definition) is 2. The van der Waals surface area contributed by atoms with E-state index >= 15 is 0 Å². The number of rotatable bonds is 3. The van der Waals surface area contributed by atoms with Crippen LogP contribution in [0.3, 0.4) is 0 Å². The summed E-state index contributed by atoms with van der Waals surface area (Å²) in [5.74, 6) is -0.404. The van der Waals surface area contributed by atoms with Crippen molar-refractivity contribution in [1.82, 2.24) is 0 Å². The summed E-state index contributed by atoms with van der Waals surface area (Å²) >= 11 is -2.18. The van der Waals surface area contributed by atoms with Gasteiger partial charge in [-0.05, 0) is 24.3 Å². The lowest BCUT2D eigenvalue weighted by molar-refractivity contribution is 0.102. The topological polar surface area (TPSA) is 66.4 Å². The molecule has 1 unspecified atom stereocenters. The van der Waals surface area contributed by atoms with Gasteiger partial charge < -0.3 is 9.87 Å². The van der Waals surface area contributed by atoms with Crippen molar-refractivity contribution in [3.63, 3.8) is 0 Å². The van der Waals surface area contributed by atoms with E-state index < -0.39 is 17.0 Å². The molecule has 0 saturated heterocycles. The van der Waals surface area contributed by atoms with Gasteiger partial charge in [0.25, 0.3) is 5.91 Å². The molecule has 0 saturated carbocycles. The quantitative estimate of drug-likeness (QED) is 0.834. The van der Waals surface area contributed by atoms with Crippen LogP contribution in [0.2, 0.25) is 0 Å². The summed E-state index contributed by atoms with van der Waals surface area (Å²) in [4.78, 5) is 12.1. The summed E-state index contributed by atoms with van der Waals surface area (Å²) < 4.78 is 20.2. The van der Waals surface area contributed by atoms with E-state index in [4.69, 9.17) is 4.55 Å². The first kappa shape index (κ1) is 12.5. The van der Waals surface area contributed by atoms with Crippen LogP contribution in [0.5, 0.6) is 0 Å². The molecule has 0 aromatic heterocycles. The summed E-state index contributed by atoms with van der Waals surface area (Å²) in [6, 6.07) is 15.2. The summed E-state index contributed by atoms with van der Waals surface area (Å²) in [5, 5.41) is 2.67. The molecule has 1 amide bonds. The lowest BCUT2D eigenvalue weighted by atomic mass is 10.2. The molecule has 92 valence electrons. The Bertz CT molecular complexity index is 584. The van der Waals surface area contributed by atoms with Crippen molar-refractivity contribution in [2.75, 3.05) is 5.32 Å². The van der Waals surface area contributed by atoms with E-state index in [2.05, 4.69) is 5.32 Å². The van der Waals surface area contributed by atoms with Gasteiger partial charge in [-0.15, -0.1) is 0 Å². The Balaban J connectivity index is 2.27. The highest BCUT2D eigenvalue weighted by atomic mass is 32.2. The van der Waals surface area contributed by atoms with Gasteiger partial charge in [-0.25, -0.2) is 4.21 Å². The van der Waals surface area contributed by atoms with E-state index in [0.717, 1.165) is 0 Å². The molecule has 2 aromatic rings. The Morgan fingerprint density at radius 1 is 1.00 bits per heavy atom. The van der Waals surface area contributed by atoms with Crippen LogP contribution < -0.4 is 5.32 Å². The average Bonchev–Trinajstić information content (AvgIpc) is 2.40. The van der Waals surface area contributed by atoms with E-state index in [-0.39, 0.29) is 10.5 Å². The first-order valence-corrected chi connectivity index (χ1v) is 6.35. The van der Waals surface area contributed by atoms with Crippen LogP contribution in [0.1, 0.15) is 10.4 Å². The van der Waals surface area contributed by atoms with Crippen molar-refractivity contribution < 1.29 is 13.6 Å². The van der Waals surface area contributed by atoms with Gasteiger partial charge in [-0.1, -0.05) is 30.3 Å². The highest BCUT2D eigenvalue weighted by Gasteiger charge is 2.14. The van der Waals surface area contributed by atoms with Crippen LogP contribution in [0, 0.1) is 0 Å². The fourth-order valence-corrected chi connectivity index (χ4v) is 2.07. The zero-order valence-electron chi connectivity index (χ0n) is 9.37. The van der Waals surface area contributed by atoms with E-state index in [1.54, 1.807) is 36.4 Å². The van der Waals surface area contributed by atoms with E-state index in [0.29, 0.717) is 5.69 Å². The predicted octanol–water partition coefficient (Wildman–Crippen LogP) is 2.52. The van der Waals surface area contributed by atoms with Crippen LogP contribution in [0.4, 0.5) is 5.69 Å². The summed E-state index contributed by atoms with van der Waals surface area (Å²) in [5.41, 5.74) is 0.836. The molecule has 0 heterocycles. The number of carbonyl (C=O) groups excluding carboxylic acids is 1. The van der Waals surface area contributed by atoms with Gasteiger partial charge in [0.05, 0.1) is 10.5 Å². The number of nitrogens with one attached hydrogen (secondary N) is 1. The Morgan fingerprint density at radius 2 is 1.61 bits per heavy atom. The van der Waals surface area contributed by atoms with Crippen LogP contribution >= 0.6 is 0 Å². The van der Waals surface area contributed by atoms with Crippen molar-refractivity contribution in [2.24, 2.45) is 0 Å². The fraction of sp³-hybridized carbons (Fsp3) is 0. The Morgan fingerprint density at radius 3 is 2.28 bits per heavy atom. The maximum absolute atomic E-state index is 12.0. The highest BCUT2D eigenvalue weighted by Crippen LogP contribution is 2.15. The molecule has 2 N–H and O–H groups in total. The third-order valence-electron chi connectivity index (χ3n) is 2.35. The van der Waals surface area contributed by atoms with Gasteiger partial charge >= 0.3 is 0 Å². The van der Waals surface area contributed by atoms with Crippen LogP contribution in [-0.4, -0.2) is 14.7 Å². The zero-order chi connectivity index (χ0) is 13.0. The van der Waals surface area contributed by atoms with E-state index in [1.807, 2.05) is 6.07 Å². The molecule has 0 bridgehead atoms. The maximum atomic E-state index is 12.0. The lowest BCUT2D eigenvalue weighted by Crippen LogP contribution is -2.14. The molecule has 4 nitrogen and oxygen atoms in total. The fourth-order valence-electron chi connectivity index (χ4n) is 1.53. The molecule has 0 radical (unpaired) electrons. The predicted molar refractivity (Wildman–Crippen MR) is 69.9 cm³/mol. The molecule has 5 heteroatoms. The molecule has 0 aliphatic carbocycles. The third-order valence-corrected chi connectivity index (χ3v) is 3.08. The van der Waals surface area contributed by atoms with Crippen molar-refractivity contribution >= 4 is 22.7 Å². The van der Waals surface area contributed by atoms with Crippen LogP contribution in [0.15, 0.2) is 59.5 Å². The van der Waals surface area contributed by atoms with Crippen molar-refractivity contribution in [1.29, 1.82) is 0 Å². The molecule has 0 spiro atoms. The number of para-hydroxylation sites is 1. The first-order chi connectivity index (χ1) is 8.68. The number of amides is 1. The number of benzene rings is 2. The highest BCUT2D eigenvalue weighted by molar-refractivity contribution is 7.79. The van der Waals surface area contributed by atoms with Crippen molar-refractivity contribution in [3.05, 3.63) is 60.2 Å². The monoisotopic (exact) mass is 261 g/mol. The van der Waals surface area contributed by atoms with E-state index in [9.17, 15) is 9.00 Å². The van der Waals surface area contributed by atoms with Gasteiger partial charge in [0, 0.05) is 5.69 Å². The summed E-state index contributed by atoms with van der Waals surface area (Å²) in [6.07, 6.45) is 0. The van der Waals surface area contributed by atoms with Crippen LogP contribution in [0.25, 0.3) is 0 Å². The number of anilines is 1. The molecular formula is C13H11NO3S. The summed E-state index contributed by atoms with van der Waals surface area (Å²) in [6.45, 7) is 0. The van der Waals surface area contributed by atoms with Gasteiger partial charge in [0.2, 0.25) is 0 Å². The Labute approximate surface area is 107 Å². The standard InChI is InChI=1S/C13H11NO3S/c15-13(14-10-6-2-1-3-7-10)11-8-4-5-9-12(11)18(16)17/h1-9H,(H,14,15)(H,16,17). The van der Waals surface area contributed by atoms with E-state index in [1.165, 1.54) is 12.1 Å². The number of hydrogen-bond acceptors (Lipinski definition) is 2. The number of carbonyl (C=O) groups is 1. The second-order valence-corrected chi connectivity index (χ2v) is 4.50.